The molecule has 3 rings (SSSR count). The van der Waals surface area contributed by atoms with Crippen molar-refractivity contribution in [3.8, 4) is 5.75 Å². The molecule has 2 aromatic carbocycles. The van der Waals surface area contributed by atoms with Crippen LogP contribution >= 0.6 is 23.2 Å². The van der Waals surface area contributed by atoms with Crippen LogP contribution in [0.3, 0.4) is 0 Å². The summed E-state index contributed by atoms with van der Waals surface area (Å²) in [5, 5.41) is 2.23. The highest BCUT2D eigenvalue weighted by Crippen LogP contribution is 2.26. The molecule has 96 valence electrons. The standard InChI is InChI=1S/C15H10Cl2O2/c16-11-5-6-14-10(7-11)8-12(19-14)9-18-15-4-2-1-3-13(15)17/h1-8H,9H2. The van der Waals surface area contributed by atoms with Crippen molar-refractivity contribution in [2.75, 3.05) is 0 Å². The fraction of sp³-hybridized carbons (Fsp3) is 0.0667. The van der Waals surface area contributed by atoms with E-state index >= 15 is 0 Å². The van der Waals surface area contributed by atoms with Crippen LogP contribution in [0.2, 0.25) is 10.0 Å². The third-order valence-corrected chi connectivity index (χ3v) is 3.28. The maximum atomic E-state index is 6.02. The van der Waals surface area contributed by atoms with Gasteiger partial charge in [-0.3, -0.25) is 0 Å². The van der Waals surface area contributed by atoms with Crippen molar-refractivity contribution in [1.29, 1.82) is 0 Å². The van der Waals surface area contributed by atoms with Crippen molar-refractivity contribution in [3.63, 3.8) is 0 Å². The molecule has 0 unspecified atom stereocenters. The summed E-state index contributed by atoms with van der Waals surface area (Å²) in [5.41, 5.74) is 0.794. The van der Waals surface area contributed by atoms with Gasteiger partial charge in [0, 0.05) is 10.4 Å². The zero-order valence-corrected chi connectivity index (χ0v) is 11.4. The number of ether oxygens (including phenoxy) is 1. The molecule has 1 aromatic heterocycles. The molecule has 19 heavy (non-hydrogen) atoms. The quantitative estimate of drug-likeness (QED) is 0.652. The van der Waals surface area contributed by atoms with Gasteiger partial charge in [0.2, 0.25) is 0 Å². The summed E-state index contributed by atoms with van der Waals surface area (Å²) >= 11 is 11.9. The van der Waals surface area contributed by atoms with Gasteiger partial charge in [-0.2, -0.15) is 0 Å². The summed E-state index contributed by atoms with van der Waals surface area (Å²) in [6, 6.07) is 14.8. The molecule has 0 bridgehead atoms. The fourth-order valence-corrected chi connectivity index (χ4v) is 2.22. The second kappa shape index (κ2) is 5.16. The van der Waals surface area contributed by atoms with Crippen molar-refractivity contribution in [1.82, 2.24) is 0 Å². The maximum absolute atomic E-state index is 6.02. The molecule has 0 amide bonds. The van der Waals surface area contributed by atoms with Gasteiger partial charge in [-0.25, -0.2) is 0 Å². The van der Waals surface area contributed by atoms with Gasteiger partial charge >= 0.3 is 0 Å². The lowest BCUT2D eigenvalue weighted by atomic mass is 10.2. The zero-order chi connectivity index (χ0) is 13.2. The number of hydrogen-bond donors (Lipinski definition) is 0. The van der Waals surface area contributed by atoms with Gasteiger partial charge in [-0.05, 0) is 36.4 Å². The lowest BCUT2D eigenvalue weighted by Crippen LogP contribution is -1.93. The summed E-state index contributed by atoms with van der Waals surface area (Å²) in [6.45, 7) is 0.329. The minimum atomic E-state index is 0.329. The molecule has 0 N–H and O–H groups in total. The molecule has 0 saturated carbocycles. The molecule has 1 heterocycles. The Morgan fingerprint density at radius 3 is 2.68 bits per heavy atom. The molecule has 0 radical (unpaired) electrons. The molecular weight excluding hydrogens is 283 g/mol. The van der Waals surface area contributed by atoms with E-state index in [9.17, 15) is 0 Å². The highest BCUT2D eigenvalue weighted by atomic mass is 35.5. The molecule has 3 aromatic rings. The van der Waals surface area contributed by atoms with E-state index in [0.29, 0.717) is 22.4 Å². The molecule has 0 atom stereocenters. The lowest BCUT2D eigenvalue weighted by molar-refractivity contribution is 0.274. The van der Waals surface area contributed by atoms with Crippen LogP contribution in [-0.4, -0.2) is 0 Å². The van der Waals surface area contributed by atoms with Gasteiger partial charge in [0.15, 0.2) is 0 Å². The Morgan fingerprint density at radius 2 is 1.84 bits per heavy atom. The number of para-hydroxylation sites is 1. The highest BCUT2D eigenvalue weighted by molar-refractivity contribution is 6.32. The largest absolute Gasteiger partial charge is 0.484 e. The number of fused-ring (bicyclic) bond motifs is 1. The van der Waals surface area contributed by atoms with Crippen LogP contribution in [0.25, 0.3) is 11.0 Å². The fourth-order valence-electron chi connectivity index (χ4n) is 1.85. The first-order chi connectivity index (χ1) is 9.22. The first-order valence-corrected chi connectivity index (χ1v) is 6.53. The number of furan rings is 1. The number of rotatable bonds is 3. The number of benzene rings is 2. The average Bonchev–Trinajstić information content (AvgIpc) is 2.79. The van der Waals surface area contributed by atoms with Crippen molar-refractivity contribution in [2.45, 2.75) is 6.61 Å². The van der Waals surface area contributed by atoms with Crippen molar-refractivity contribution >= 4 is 34.2 Å². The number of halogens is 2. The summed E-state index contributed by atoms with van der Waals surface area (Å²) in [7, 11) is 0. The zero-order valence-electron chi connectivity index (χ0n) is 9.90. The predicted octanol–water partition coefficient (Wildman–Crippen LogP) is 5.32. The van der Waals surface area contributed by atoms with E-state index in [2.05, 4.69) is 0 Å². The molecule has 2 nitrogen and oxygen atoms in total. The summed E-state index contributed by atoms with van der Waals surface area (Å²) in [5.74, 6) is 1.37. The Kier molecular flexibility index (Phi) is 3.36. The van der Waals surface area contributed by atoms with E-state index in [0.717, 1.165) is 16.7 Å². The Bertz CT molecular complexity index is 719. The molecule has 0 aliphatic carbocycles. The van der Waals surface area contributed by atoms with Crippen molar-refractivity contribution < 1.29 is 9.15 Å². The van der Waals surface area contributed by atoms with Gasteiger partial charge < -0.3 is 9.15 Å². The van der Waals surface area contributed by atoms with E-state index in [-0.39, 0.29) is 0 Å². The van der Waals surface area contributed by atoms with Crippen molar-refractivity contribution in [2.24, 2.45) is 0 Å². The molecule has 0 aliphatic rings. The minimum absolute atomic E-state index is 0.329. The first kappa shape index (κ1) is 12.4. The Labute approximate surface area is 120 Å². The molecule has 0 fully saturated rings. The molecule has 0 aliphatic heterocycles. The van der Waals surface area contributed by atoms with Crippen LogP contribution in [0.15, 0.2) is 52.9 Å². The van der Waals surface area contributed by atoms with E-state index < -0.39 is 0 Å². The van der Waals surface area contributed by atoms with Crippen LogP contribution in [0, 0.1) is 0 Å². The van der Waals surface area contributed by atoms with Crippen LogP contribution < -0.4 is 4.74 Å². The van der Waals surface area contributed by atoms with Crippen LogP contribution in [0.5, 0.6) is 5.75 Å². The van der Waals surface area contributed by atoms with Crippen LogP contribution in [0.4, 0.5) is 0 Å². The second-order valence-corrected chi connectivity index (χ2v) is 4.96. The average molecular weight is 293 g/mol. The van der Waals surface area contributed by atoms with E-state index in [1.54, 1.807) is 12.1 Å². The lowest BCUT2D eigenvalue weighted by Gasteiger charge is -2.05. The van der Waals surface area contributed by atoms with Gasteiger partial charge in [-0.1, -0.05) is 35.3 Å². The van der Waals surface area contributed by atoms with Gasteiger partial charge in [0.05, 0.1) is 5.02 Å². The molecule has 0 spiro atoms. The third-order valence-electron chi connectivity index (χ3n) is 2.74. The highest BCUT2D eigenvalue weighted by Gasteiger charge is 2.06. The molecule has 0 saturated heterocycles. The molecular formula is C15H10Cl2O2. The topological polar surface area (TPSA) is 22.4 Å². The van der Waals surface area contributed by atoms with Gasteiger partial charge in [0.25, 0.3) is 0 Å². The van der Waals surface area contributed by atoms with Gasteiger partial charge in [-0.15, -0.1) is 0 Å². The summed E-state index contributed by atoms with van der Waals surface area (Å²) in [6.07, 6.45) is 0. The second-order valence-electron chi connectivity index (χ2n) is 4.11. The minimum Gasteiger partial charge on any atom is -0.484 e. The Morgan fingerprint density at radius 1 is 1.00 bits per heavy atom. The smallest absolute Gasteiger partial charge is 0.146 e. The normalized spacial score (nSPS) is 10.8. The van der Waals surface area contributed by atoms with Crippen LogP contribution in [-0.2, 0) is 6.61 Å². The van der Waals surface area contributed by atoms with Crippen LogP contribution in [0.1, 0.15) is 5.76 Å². The molecule has 4 heteroatoms. The monoisotopic (exact) mass is 292 g/mol. The number of hydrogen-bond acceptors (Lipinski definition) is 2. The maximum Gasteiger partial charge on any atom is 0.146 e. The van der Waals surface area contributed by atoms with E-state index in [1.807, 2.05) is 36.4 Å². The van der Waals surface area contributed by atoms with Crippen molar-refractivity contribution in [3.05, 3.63) is 64.3 Å². The van der Waals surface area contributed by atoms with E-state index in [1.165, 1.54) is 0 Å². The summed E-state index contributed by atoms with van der Waals surface area (Å²) in [4.78, 5) is 0. The Balaban J connectivity index is 1.80. The first-order valence-electron chi connectivity index (χ1n) is 5.78. The van der Waals surface area contributed by atoms with E-state index in [4.69, 9.17) is 32.4 Å². The Hall–Kier alpha value is -1.64. The third kappa shape index (κ3) is 2.70. The SMILES string of the molecule is Clc1ccc2oc(COc3ccccc3Cl)cc2c1. The predicted molar refractivity (Wildman–Crippen MR) is 77.0 cm³/mol. The summed E-state index contributed by atoms with van der Waals surface area (Å²) < 4.78 is 11.3. The van der Waals surface area contributed by atoms with Gasteiger partial charge in [0.1, 0.15) is 23.7 Å².